The summed E-state index contributed by atoms with van der Waals surface area (Å²) in [7, 11) is 0. The van der Waals surface area contributed by atoms with Gasteiger partial charge in [-0.1, -0.05) is 0 Å². The molecule has 0 saturated heterocycles. The molecule has 0 spiro atoms. The molecule has 1 atom stereocenters. The SMILES string of the molecule is CC1N=Cc2cc(I)ccc2NC1=O. The van der Waals surface area contributed by atoms with E-state index < -0.39 is 0 Å². The van der Waals surface area contributed by atoms with Gasteiger partial charge < -0.3 is 5.32 Å². The number of carbonyl (C=O) groups excluding carboxylic acids is 1. The second kappa shape index (κ2) is 3.68. The molecule has 0 bridgehead atoms. The number of anilines is 1. The molecule has 1 aromatic carbocycles. The molecule has 4 heteroatoms. The van der Waals surface area contributed by atoms with Gasteiger partial charge in [0.2, 0.25) is 5.91 Å². The highest BCUT2D eigenvalue weighted by molar-refractivity contribution is 14.1. The van der Waals surface area contributed by atoms with E-state index in [9.17, 15) is 4.79 Å². The Morgan fingerprint density at radius 3 is 3.07 bits per heavy atom. The summed E-state index contributed by atoms with van der Waals surface area (Å²) in [6.07, 6.45) is 1.75. The molecule has 0 fully saturated rings. The van der Waals surface area contributed by atoms with Crippen LogP contribution in [0.25, 0.3) is 0 Å². The fourth-order valence-corrected chi connectivity index (χ4v) is 1.77. The molecule has 14 heavy (non-hydrogen) atoms. The topological polar surface area (TPSA) is 41.5 Å². The van der Waals surface area contributed by atoms with E-state index in [1.807, 2.05) is 18.2 Å². The number of amides is 1. The van der Waals surface area contributed by atoms with Crippen molar-refractivity contribution in [3.8, 4) is 0 Å². The van der Waals surface area contributed by atoms with Gasteiger partial charge in [-0.25, -0.2) is 0 Å². The van der Waals surface area contributed by atoms with Gasteiger partial charge in [0.1, 0.15) is 6.04 Å². The Kier molecular flexibility index (Phi) is 2.54. The van der Waals surface area contributed by atoms with E-state index >= 15 is 0 Å². The maximum Gasteiger partial charge on any atom is 0.248 e. The van der Waals surface area contributed by atoms with Crippen LogP contribution in [-0.2, 0) is 4.79 Å². The largest absolute Gasteiger partial charge is 0.324 e. The van der Waals surface area contributed by atoms with Crippen molar-refractivity contribution in [3.05, 3.63) is 27.3 Å². The van der Waals surface area contributed by atoms with Crippen molar-refractivity contribution in [2.75, 3.05) is 5.32 Å². The lowest BCUT2D eigenvalue weighted by Gasteiger charge is -2.06. The predicted molar refractivity (Wildman–Crippen MR) is 64.8 cm³/mol. The Hall–Kier alpha value is -0.910. The number of fused-ring (bicyclic) bond motifs is 1. The molecule has 1 amide bonds. The molecule has 1 heterocycles. The molecule has 0 aromatic heterocycles. The molecule has 3 nitrogen and oxygen atoms in total. The minimum Gasteiger partial charge on any atom is -0.324 e. The van der Waals surface area contributed by atoms with Crippen molar-refractivity contribution < 1.29 is 4.79 Å². The Morgan fingerprint density at radius 2 is 2.29 bits per heavy atom. The molecule has 1 aliphatic rings. The summed E-state index contributed by atoms with van der Waals surface area (Å²) >= 11 is 2.23. The van der Waals surface area contributed by atoms with Crippen LogP contribution in [0.15, 0.2) is 23.2 Å². The third-order valence-corrected chi connectivity index (χ3v) is 2.76. The minimum absolute atomic E-state index is 0.0544. The van der Waals surface area contributed by atoms with E-state index in [1.165, 1.54) is 0 Å². The molecule has 1 aromatic rings. The molecule has 2 rings (SSSR count). The first-order valence-electron chi connectivity index (χ1n) is 4.30. The van der Waals surface area contributed by atoms with E-state index in [2.05, 4.69) is 32.9 Å². The van der Waals surface area contributed by atoms with Gasteiger partial charge in [0.15, 0.2) is 0 Å². The summed E-state index contributed by atoms with van der Waals surface area (Å²) in [5, 5.41) is 2.83. The maximum absolute atomic E-state index is 11.4. The van der Waals surface area contributed by atoms with E-state index in [0.29, 0.717) is 0 Å². The second-order valence-corrected chi connectivity index (χ2v) is 4.42. The van der Waals surface area contributed by atoms with E-state index in [-0.39, 0.29) is 11.9 Å². The molecule has 0 saturated carbocycles. The molecular weight excluding hydrogens is 291 g/mol. The number of hydrogen-bond donors (Lipinski definition) is 1. The monoisotopic (exact) mass is 300 g/mol. The lowest BCUT2D eigenvalue weighted by Crippen LogP contribution is -2.21. The van der Waals surface area contributed by atoms with Crippen molar-refractivity contribution in [1.29, 1.82) is 0 Å². The van der Waals surface area contributed by atoms with Gasteiger partial charge in [-0.3, -0.25) is 9.79 Å². The first-order valence-corrected chi connectivity index (χ1v) is 5.38. The third kappa shape index (κ3) is 1.79. The van der Waals surface area contributed by atoms with Crippen LogP contribution in [0.4, 0.5) is 5.69 Å². The number of aliphatic imine (C=N–C) groups is 1. The van der Waals surface area contributed by atoms with Gasteiger partial charge in [-0.2, -0.15) is 0 Å². The quantitative estimate of drug-likeness (QED) is 0.732. The third-order valence-electron chi connectivity index (χ3n) is 2.09. The standard InChI is InChI=1S/C10H9IN2O/c1-6-10(14)13-9-3-2-8(11)4-7(9)5-12-6/h2-6H,1H3,(H,13,14). The van der Waals surface area contributed by atoms with E-state index in [4.69, 9.17) is 0 Å². The molecule has 1 N–H and O–H groups in total. The number of rotatable bonds is 0. The van der Waals surface area contributed by atoms with Crippen LogP contribution in [0, 0.1) is 3.57 Å². The summed E-state index contributed by atoms with van der Waals surface area (Å²) < 4.78 is 1.14. The zero-order valence-corrected chi connectivity index (χ0v) is 9.78. The highest BCUT2D eigenvalue weighted by atomic mass is 127. The van der Waals surface area contributed by atoms with Gasteiger partial charge in [0.05, 0.1) is 0 Å². The lowest BCUT2D eigenvalue weighted by molar-refractivity contribution is -0.116. The Morgan fingerprint density at radius 1 is 1.50 bits per heavy atom. The number of nitrogens with zero attached hydrogens (tertiary/aromatic N) is 1. The average Bonchev–Trinajstić information content (AvgIpc) is 2.29. The highest BCUT2D eigenvalue weighted by Crippen LogP contribution is 2.19. The predicted octanol–water partition coefficient (Wildman–Crippen LogP) is 2.05. The molecule has 0 radical (unpaired) electrons. The fraction of sp³-hybridized carbons (Fsp3) is 0.200. The molecule has 1 aliphatic heterocycles. The second-order valence-electron chi connectivity index (χ2n) is 3.17. The number of halogens is 1. The minimum atomic E-state index is -0.305. The zero-order chi connectivity index (χ0) is 10.1. The zero-order valence-electron chi connectivity index (χ0n) is 7.62. The molecule has 0 aliphatic carbocycles. The van der Waals surface area contributed by atoms with Crippen LogP contribution in [0.5, 0.6) is 0 Å². The number of benzene rings is 1. The Balaban J connectivity index is 2.48. The summed E-state index contributed by atoms with van der Waals surface area (Å²) in [6.45, 7) is 1.78. The highest BCUT2D eigenvalue weighted by Gasteiger charge is 2.15. The summed E-state index contributed by atoms with van der Waals surface area (Å²) in [5.74, 6) is -0.0544. The molecule has 1 unspecified atom stereocenters. The number of hydrogen-bond acceptors (Lipinski definition) is 2. The van der Waals surface area contributed by atoms with Crippen molar-refractivity contribution in [3.63, 3.8) is 0 Å². The molecule has 72 valence electrons. The van der Waals surface area contributed by atoms with Crippen LogP contribution in [0.1, 0.15) is 12.5 Å². The fourth-order valence-electron chi connectivity index (χ4n) is 1.25. The normalized spacial score (nSPS) is 19.9. The van der Waals surface area contributed by atoms with Gasteiger partial charge in [-0.05, 0) is 47.7 Å². The lowest BCUT2D eigenvalue weighted by atomic mass is 10.2. The van der Waals surface area contributed by atoms with Crippen LogP contribution < -0.4 is 5.32 Å². The van der Waals surface area contributed by atoms with Crippen LogP contribution in [0.3, 0.4) is 0 Å². The van der Waals surface area contributed by atoms with Crippen molar-refractivity contribution in [1.82, 2.24) is 0 Å². The van der Waals surface area contributed by atoms with E-state index in [1.54, 1.807) is 13.1 Å². The molecular formula is C10H9IN2O. The van der Waals surface area contributed by atoms with Crippen molar-refractivity contribution in [2.24, 2.45) is 4.99 Å². The average molecular weight is 300 g/mol. The smallest absolute Gasteiger partial charge is 0.248 e. The maximum atomic E-state index is 11.4. The van der Waals surface area contributed by atoms with Gasteiger partial charge in [0.25, 0.3) is 0 Å². The van der Waals surface area contributed by atoms with E-state index in [0.717, 1.165) is 14.8 Å². The van der Waals surface area contributed by atoms with Crippen LogP contribution >= 0.6 is 22.6 Å². The Bertz CT molecular complexity index is 415. The van der Waals surface area contributed by atoms with Crippen LogP contribution in [0.2, 0.25) is 0 Å². The van der Waals surface area contributed by atoms with Crippen molar-refractivity contribution >= 4 is 40.4 Å². The first-order chi connectivity index (χ1) is 6.66. The van der Waals surface area contributed by atoms with Gasteiger partial charge in [0, 0.05) is 21.0 Å². The number of benzodiazepines with no additional fused rings is 1. The summed E-state index contributed by atoms with van der Waals surface area (Å²) in [5.41, 5.74) is 1.80. The Labute approximate surface area is 95.8 Å². The first kappa shape index (κ1) is 9.64. The van der Waals surface area contributed by atoms with Gasteiger partial charge >= 0.3 is 0 Å². The number of carbonyl (C=O) groups is 1. The number of nitrogens with one attached hydrogen (secondary N) is 1. The summed E-state index contributed by atoms with van der Waals surface area (Å²) in [6, 6.07) is 5.56. The van der Waals surface area contributed by atoms with Crippen molar-refractivity contribution in [2.45, 2.75) is 13.0 Å². The van der Waals surface area contributed by atoms with Crippen LogP contribution in [-0.4, -0.2) is 18.2 Å². The van der Waals surface area contributed by atoms with Gasteiger partial charge in [-0.15, -0.1) is 0 Å². The summed E-state index contributed by atoms with van der Waals surface area (Å²) in [4.78, 5) is 15.6.